The molecule has 0 bridgehead atoms. The fourth-order valence-corrected chi connectivity index (χ4v) is 19.2. The van der Waals surface area contributed by atoms with E-state index >= 15 is 0 Å². The van der Waals surface area contributed by atoms with E-state index in [4.69, 9.17) is 11.3 Å². The summed E-state index contributed by atoms with van der Waals surface area (Å²) in [6.45, 7) is 17.0. The van der Waals surface area contributed by atoms with Crippen LogP contribution in [0.4, 0.5) is 0 Å². The third-order valence-corrected chi connectivity index (χ3v) is 21.2. The first-order valence-electron chi connectivity index (χ1n) is 9.67. The van der Waals surface area contributed by atoms with Crippen LogP contribution in [0.25, 0.3) is 0 Å². The first-order valence-corrected chi connectivity index (χ1v) is 17.1. The Morgan fingerprint density at radius 1 is 0.909 bits per heavy atom. The summed E-state index contributed by atoms with van der Waals surface area (Å²) in [4.78, 5) is 2.60. The van der Waals surface area contributed by atoms with Crippen LogP contribution in [-0.2, 0) is 4.74 Å². The van der Waals surface area contributed by atoms with Crippen LogP contribution >= 0.6 is 0 Å². The van der Waals surface area contributed by atoms with Crippen LogP contribution in [0.5, 0.6) is 0 Å². The topological polar surface area (TPSA) is 12.5 Å². The minimum absolute atomic E-state index is 0.911. The molecule has 0 unspecified atom stereocenters. The molecule has 130 valence electrons. The molecule has 1 saturated heterocycles. The number of unbranched alkanes of at least 4 members (excludes halogenated alkanes) is 3. The molecule has 0 amide bonds. The van der Waals surface area contributed by atoms with E-state index in [1.54, 1.807) is 16.9 Å². The van der Waals surface area contributed by atoms with E-state index in [9.17, 15) is 0 Å². The summed E-state index contributed by atoms with van der Waals surface area (Å²) >= 11 is -2.20. The van der Waals surface area contributed by atoms with E-state index in [0.717, 1.165) is 26.3 Å². The third kappa shape index (κ3) is 6.92. The number of morpholine rings is 1. The molecule has 22 heavy (non-hydrogen) atoms. The number of rotatable bonds is 12. The van der Waals surface area contributed by atoms with Crippen molar-refractivity contribution in [1.29, 1.82) is 0 Å². The monoisotopic (exact) mass is 417 g/mol. The van der Waals surface area contributed by atoms with E-state index in [-0.39, 0.29) is 0 Å². The number of nitrogens with zero attached hydrogens (tertiary/aromatic N) is 1. The van der Waals surface area contributed by atoms with Crippen molar-refractivity contribution in [3.63, 3.8) is 0 Å². The zero-order valence-electron chi connectivity index (χ0n) is 15.5. The first kappa shape index (κ1) is 20.5. The molecule has 0 aliphatic carbocycles. The summed E-state index contributed by atoms with van der Waals surface area (Å²) in [5.74, 6) is 0. The summed E-state index contributed by atoms with van der Waals surface area (Å²) in [7, 11) is 0. The zero-order chi connectivity index (χ0) is 16.3. The predicted molar refractivity (Wildman–Crippen MR) is 101 cm³/mol. The second kappa shape index (κ2) is 11.9. The van der Waals surface area contributed by atoms with Gasteiger partial charge in [-0.05, 0) is 0 Å². The molecule has 2 nitrogen and oxygen atoms in total. The van der Waals surface area contributed by atoms with Gasteiger partial charge in [0, 0.05) is 0 Å². The van der Waals surface area contributed by atoms with Crippen molar-refractivity contribution in [3.8, 4) is 0 Å². The molecule has 1 fully saturated rings. The summed E-state index contributed by atoms with van der Waals surface area (Å²) < 4.78 is 11.9. The minimum atomic E-state index is -2.20. The summed E-state index contributed by atoms with van der Waals surface area (Å²) in [5, 5.41) is 0. The molecule has 1 aliphatic rings. The zero-order valence-corrected chi connectivity index (χ0v) is 18.3. The summed E-state index contributed by atoms with van der Waals surface area (Å²) in [5.41, 5.74) is 0. The Bertz CT molecular complexity index is 278. The number of ether oxygens (including phenoxy) is 1. The Balaban J connectivity index is 2.74. The number of hydrogen-bond acceptors (Lipinski definition) is 2. The van der Waals surface area contributed by atoms with Crippen LogP contribution in [0, 0.1) is 0 Å². The van der Waals surface area contributed by atoms with Crippen LogP contribution < -0.4 is 0 Å². The van der Waals surface area contributed by atoms with Crippen molar-refractivity contribution in [1.82, 2.24) is 4.90 Å². The summed E-state index contributed by atoms with van der Waals surface area (Å²) in [6.07, 6.45) is 8.36. The molecule has 0 atom stereocenters. The van der Waals surface area contributed by atoms with Crippen molar-refractivity contribution in [2.24, 2.45) is 0 Å². The molecule has 0 spiro atoms. The fourth-order valence-electron chi connectivity index (χ4n) is 3.65. The van der Waals surface area contributed by atoms with Gasteiger partial charge in [0.25, 0.3) is 0 Å². The van der Waals surface area contributed by atoms with Gasteiger partial charge in [-0.2, -0.15) is 0 Å². The van der Waals surface area contributed by atoms with Gasteiger partial charge in [0.1, 0.15) is 0 Å². The fraction of sp³-hybridized carbons (Fsp3) is 0.895. The van der Waals surface area contributed by atoms with Gasteiger partial charge in [0.05, 0.1) is 0 Å². The van der Waals surface area contributed by atoms with Crippen LogP contribution in [0.15, 0.2) is 10.2 Å². The Morgan fingerprint density at radius 3 is 1.77 bits per heavy atom. The van der Waals surface area contributed by atoms with Crippen molar-refractivity contribution in [2.45, 2.75) is 72.6 Å². The van der Waals surface area contributed by atoms with E-state index in [0.29, 0.717) is 0 Å². The van der Waals surface area contributed by atoms with Gasteiger partial charge in [0.2, 0.25) is 0 Å². The molecule has 1 rings (SSSR count). The van der Waals surface area contributed by atoms with E-state index in [1.165, 1.54) is 45.1 Å². The van der Waals surface area contributed by atoms with Gasteiger partial charge in [-0.3, -0.25) is 0 Å². The van der Waals surface area contributed by atoms with Crippen molar-refractivity contribution < 1.29 is 4.74 Å². The maximum absolute atomic E-state index is 5.51. The first-order chi connectivity index (χ1) is 10.7. The predicted octanol–water partition coefficient (Wildman–Crippen LogP) is 5.26. The van der Waals surface area contributed by atoms with Crippen molar-refractivity contribution >= 4 is 18.4 Å². The number of hydrogen-bond donors (Lipinski definition) is 0. The van der Waals surface area contributed by atoms with Crippen molar-refractivity contribution in [2.75, 3.05) is 32.8 Å². The molecule has 0 aromatic carbocycles. The quantitative estimate of drug-likeness (QED) is 0.403. The molecule has 0 saturated carbocycles. The molecule has 0 aromatic rings. The van der Waals surface area contributed by atoms with E-state index in [1.807, 2.05) is 0 Å². The maximum atomic E-state index is 5.51. The second-order valence-electron chi connectivity index (χ2n) is 7.08. The van der Waals surface area contributed by atoms with Gasteiger partial charge in [-0.25, -0.2) is 0 Å². The van der Waals surface area contributed by atoms with Crippen LogP contribution in [0.1, 0.15) is 59.3 Å². The average molecular weight is 416 g/mol. The van der Waals surface area contributed by atoms with Gasteiger partial charge in [-0.15, -0.1) is 0 Å². The van der Waals surface area contributed by atoms with E-state index in [2.05, 4.69) is 25.7 Å². The van der Waals surface area contributed by atoms with Crippen LogP contribution in [0.3, 0.4) is 0 Å². The summed E-state index contributed by atoms with van der Waals surface area (Å²) in [6, 6.07) is 0. The standard InChI is InChI=1S/C7H12NO.3C4H9.Sn/c1-2-3-8-4-6-9-7-5-8;3*1-3-4-2;/h1,3-7H2;3*1,3-4H2,2H3;. The Kier molecular flexibility index (Phi) is 11.1. The SMILES string of the molecule is C=[C](CN1CCOCC1)[Sn]([CH2]CCC)([CH2]CCC)[CH2]CCC. The Labute approximate surface area is 143 Å². The molecular weight excluding hydrogens is 377 g/mol. The van der Waals surface area contributed by atoms with E-state index < -0.39 is 18.4 Å². The van der Waals surface area contributed by atoms with Gasteiger partial charge >= 0.3 is 144 Å². The molecule has 1 heterocycles. The Hall–Kier alpha value is 0.459. The van der Waals surface area contributed by atoms with Crippen LogP contribution in [0.2, 0.25) is 13.3 Å². The molecule has 3 heteroatoms. The average Bonchev–Trinajstić information content (AvgIpc) is 2.55. The second-order valence-corrected chi connectivity index (χ2v) is 20.7. The van der Waals surface area contributed by atoms with Crippen LogP contribution in [-0.4, -0.2) is 56.1 Å². The van der Waals surface area contributed by atoms with Crippen molar-refractivity contribution in [3.05, 3.63) is 10.2 Å². The van der Waals surface area contributed by atoms with Gasteiger partial charge < -0.3 is 0 Å². The van der Waals surface area contributed by atoms with Gasteiger partial charge in [0.15, 0.2) is 0 Å². The molecule has 0 radical (unpaired) electrons. The third-order valence-electron chi connectivity index (χ3n) is 5.29. The molecule has 1 aliphatic heterocycles. The Morgan fingerprint density at radius 2 is 1.36 bits per heavy atom. The molecular formula is C19H39NOSn. The molecule has 0 aromatic heterocycles. The normalized spacial score (nSPS) is 16.9. The van der Waals surface area contributed by atoms with Gasteiger partial charge in [-0.1, -0.05) is 0 Å². The molecule has 0 N–H and O–H groups in total.